The van der Waals surface area contributed by atoms with Crippen molar-refractivity contribution in [1.82, 2.24) is 25.1 Å². The Labute approximate surface area is 162 Å². The van der Waals surface area contributed by atoms with E-state index < -0.39 is 0 Å². The number of ether oxygens (including phenoxy) is 1. The van der Waals surface area contributed by atoms with E-state index >= 15 is 0 Å². The number of anilines is 1. The Hall–Kier alpha value is -3.42. The molecule has 1 atom stereocenters. The van der Waals surface area contributed by atoms with Crippen molar-refractivity contribution in [2.45, 2.75) is 18.9 Å². The molecule has 1 unspecified atom stereocenters. The third-order valence-corrected chi connectivity index (χ3v) is 4.98. The van der Waals surface area contributed by atoms with Gasteiger partial charge in [0.1, 0.15) is 17.9 Å². The van der Waals surface area contributed by atoms with Crippen LogP contribution >= 0.6 is 0 Å². The van der Waals surface area contributed by atoms with E-state index in [0.717, 1.165) is 41.8 Å². The number of aromatic nitrogens is 4. The molecule has 8 nitrogen and oxygen atoms in total. The number of carbonyl (C=O) groups excluding carboxylic acids is 1. The van der Waals surface area contributed by atoms with Crippen LogP contribution in [0.1, 0.15) is 12.8 Å². The monoisotopic (exact) mass is 378 g/mol. The number of nitrogens with one attached hydrogen (secondary N) is 2. The van der Waals surface area contributed by atoms with Gasteiger partial charge in [0, 0.05) is 24.7 Å². The van der Waals surface area contributed by atoms with Crippen LogP contribution < -0.4 is 10.1 Å². The van der Waals surface area contributed by atoms with Crippen molar-refractivity contribution >= 4 is 22.8 Å². The number of H-pyrrole nitrogens is 1. The molecule has 0 radical (unpaired) electrons. The summed E-state index contributed by atoms with van der Waals surface area (Å²) in [5.41, 5.74) is 2.40. The minimum atomic E-state index is -0.0402. The highest BCUT2D eigenvalue weighted by molar-refractivity contribution is 5.98. The van der Waals surface area contributed by atoms with E-state index in [2.05, 4.69) is 32.1 Å². The Balaban J connectivity index is 1.65. The maximum Gasteiger partial charge on any atom is 0.246 e. The van der Waals surface area contributed by atoms with E-state index in [0.29, 0.717) is 18.0 Å². The van der Waals surface area contributed by atoms with Gasteiger partial charge in [0.15, 0.2) is 5.65 Å². The van der Waals surface area contributed by atoms with Crippen LogP contribution in [0.15, 0.2) is 43.2 Å². The minimum absolute atomic E-state index is 0.0402. The van der Waals surface area contributed by atoms with E-state index in [-0.39, 0.29) is 11.9 Å². The highest BCUT2D eigenvalue weighted by Gasteiger charge is 2.24. The first-order valence-electron chi connectivity index (χ1n) is 9.21. The molecule has 8 heteroatoms. The summed E-state index contributed by atoms with van der Waals surface area (Å²) < 4.78 is 5.23. The second-order valence-corrected chi connectivity index (χ2v) is 6.72. The van der Waals surface area contributed by atoms with Gasteiger partial charge in [-0.25, -0.2) is 9.97 Å². The van der Waals surface area contributed by atoms with Gasteiger partial charge in [-0.05, 0) is 43.2 Å². The van der Waals surface area contributed by atoms with Crippen molar-refractivity contribution in [2.75, 3.05) is 25.5 Å². The molecule has 1 saturated heterocycles. The number of nitrogens with zero attached hydrogens (tertiary/aromatic N) is 4. The Morgan fingerprint density at radius 2 is 2.18 bits per heavy atom. The lowest BCUT2D eigenvalue weighted by molar-refractivity contribution is -0.127. The molecule has 0 spiro atoms. The number of aromatic amines is 1. The van der Waals surface area contributed by atoms with Crippen molar-refractivity contribution in [3.8, 4) is 17.0 Å². The normalized spacial score (nSPS) is 16.8. The number of likely N-dealkylation sites (tertiary alicyclic amines) is 1. The fraction of sp³-hybridized carbons (Fsp3) is 0.300. The molecule has 2 N–H and O–H groups in total. The number of rotatable bonds is 5. The molecule has 3 heterocycles. The molecule has 1 aliphatic heterocycles. The summed E-state index contributed by atoms with van der Waals surface area (Å²) in [7, 11) is 1.64. The molecule has 2 aromatic heterocycles. The van der Waals surface area contributed by atoms with Gasteiger partial charge in [0.25, 0.3) is 0 Å². The van der Waals surface area contributed by atoms with Crippen molar-refractivity contribution < 1.29 is 9.53 Å². The van der Waals surface area contributed by atoms with Crippen LogP contribution in [0.4, 0.5) is 5.82 Å². The zero-order valence-electron chi connectivity index (χ0n) is 15.7. The van der Waals surface area contributed by atoms with Crippen molar-refractivity contribution in [3.63, 3.8) is 0 Å². The van der Waals surface area contributed by atoms with Gasteiger partial charge in [-0.2, -0.15) is 5.10 Å². The fourth-order valence-electron chi connectivity index (χ4n) is 3.55. The van der Waals surface area contributed by atoms with Crippen LogP contribution in [0, 0.1) is 0 Å². The number of piperidine rings is 1. The summed E-state index contributed by atoms with van der Waals surface area (Å²) in [6, 6.07) is 7.84. The van der Waals surface area contributed by atoms with E-state index in [1.54, 1.807) is 7.11 Å². The van der Waals surface area contributed by atoms with Crippen molar-refractivity contribution in [2.24, 2.45) is 0 Å². The Morgan fingerprint density at radius 3 is 2.93 bits per heavy atom. The second kappa shape index (κ2) is 7.67. The molecule has 1 amide bonds. The molecule has 0 saturated carbocycles. The number of fused-ring (bicyclic) bond motifs is 1. The summed E-state index contributed by atoms with van der Waals surface area (Å²) in [5.74, 6) is 1.46. The molecule has 3 aromatic rings. The largest absolute Gasteiger partial charge is 0.497 e. The standard InChI is InChI=1S/C20H22N6O2/c1-3-16(27)26-10-4-5-14(11-26)23-19-17-18(24-25-20(17)22-12-21-19)13-6-8-15(28-2)9-7-13/h3,6-9,12,14H,1,4-5,10-11H2,2H3,(H2,21,22,23,24,25). The zero-order valence-corrected chi connectivity index (χ0v) is 15.7. The Morgan fingerprint density at radius 1 is 1.36 bits per heavy atom. The molecular weight excluding hydrogens is 356 g/mol. The Bertz CT molecular complexity index is 998. The van der Waals surface area contributed by atoms with Gasteiger partial charge in [-0.1, -0.05) is 6.58 Å². The molecule has 4 rings (SSSR count). The first-order chi connectivity index (χ1) is 13.7. The lowest BCUT2D eigenvalue weighted by atomic mass is 10.0. The third-order valence-electron chi connectivity index (χ3n) is 4.98. The first kappa shape index (κ1) is 18.0. The molecule has 1 aromatic carbocycles. The zero-order chi connectivity index (χ0) is 19.5. The minimum Gasteiger partial charge on any atom is -0.497 e. The highest BCUT2D eigenvalue weighted by Crippen LogP contribution is 2.31. The maximum absolute atomic E-state index is 12.0. The predicted octanol–water partition coefficient (Wildman–Crippen LogP) is 2.62. The second-order valence-electron chi connectivity index (χ2n) is 6.72. The SMILES string of the molecule is C=CC(=O)N1CCCC(Nc2ncnc3n[nH]c(-c4ccc(OC)cc4)c23)C1. The smallest absolute Gasteiger partial charge is 0.246 e. The Kier molecular flexibility index (Phi) is 4.92. The van der Waals surface area contributed by atoms with E-state index in [1.165, 1.54) is 12.4 Å². The molecule has 1 fully saturated rings. The lowest BCUT2D eigenvalue weighted by Crippen LogP contribution is -2.44. The van der Waals surface area contributed by atoms with Crippen molar-refractivity contribution in [1.29, 1.82) is 0 Å². The van der Waals surface area contributed by atoms with Gasteiger partial charge >= 0.3 is 0 Å². The van der Waals surface area contributed by atoms with Crippen LogP contribution in [-0.2, 0) is 4.79 Å². The number of benzene rings is 1. The number of carbonyl (C=O) groups is 1. The summed E-state index contributed by atoms with van der Waals surface area (Å²) in [6.45, 7) is 4.95. The van der Waals surface area contributed by atoms with Crippen molar-refractivity contribution in [3.05, 3.63) is 43.2 Å². The summed E-state index contributed by atoms with van der Waals surface area (Å²) in [5, 5.41) is 11.7. The average molecular weight is 378 g/mol. The quantitative estimate of drug-likeness (QED) is 0.663. The van der Waals surface area contributed by atoms with E-state index in [9.17, 15) is 4.79 Å². The number of methoxy groups -OCH3 is 1. The topological polar surface area (TPSA) is 96.0 Å². The molecule has 144 valence electrons. The summed E-state index contributed by atoms with van der Waals surface area (Å²) >= 11 is 0. The van der Waals surface area contributed by atoms with Gasteiger partial charge < -0.3 is 15.0 Å². The molecule has 1 aliphatic rings. The maximum atomic E-state index is 12.0. The van der Waals surface area contributed by atoms with Crippen LogP contribution in [0.2, 0.25) is 0 Å². The van der Waals surface area contributed by atoms with Gasteiger partial charge in [-0.3, -0.25) is 9.89 Å². The summed E-state index contributed by atoms with van der Waals surface area (Å²) in [4.78, 5) is 22.5. The fourth-order valence-corrected chi connectivity index (χ4v) is 3.55. The summed E-state index contributed by atoms with van der Waals surface area (Å²) in [6.07, 6.45) is 4.76. The van der Waals surface area contributed by atoms with Gasteiger partial charge in [0.2, 0.25) is 5.91 Å². The molecule has 0 aliphatic carbocycles. The molecule has 28 heavy (non-hydrogen) atoms. The van der Waals surface area contributed by atoms with Crippen LogP contribution in [0.5, 0.6) is 5.75 Å². The van der Waals surface area contributed by atoms with Crippen LogP contribution in [-0.4, -0.2) is 57.2 Å². The third kappa shape index (κ3) is 3.40. The number of hydrogen-bond acceptors (Lipinski definition) is 6. The van der Waals surface area contributed by atoms with E-state index in [1.807, 2.05) is 29.2 Å². The highest BCUT2D eigenvalue weighted by atomic mass is 16.5. The predicted molar refractivity (Wildman–Crippen MR) is 107 cm³/mol. The first-order valence-corrected chi connectivity index (χ1v) is 9.21. The number of amides is 1. The lowest BCUT2D eigenvalue weighted by Gasteiger charge is -2.32. The average Bonchev–Trinajstić information content (AvgIpc) is 3.18. The van der Waals surface area contributed by atoms with Crippen LogP contribution in [0.25, 0.3) is 22.3 Å². The van der Waals surface area contributed by atoms with Gasteiger partial charge in [0.05, 0.1) is 18.2 Å². The number of hydrogen-bond donors (Lipinski definition) is 2. The molecular formula is C20H22N6O2. The van der Waals surface area contributed by atoms with E-state index in [4.69, 9.17) is 4.74 Å². The van der Waals surface area contributed by atoms with Gasteiger partial charge in [-0.15, -0.1) is 0 Å². The van der Waals surface area contributed by atoms with Crippen LogP contribution in [0.3, 0.4) is 0 Å². The molecule has 0 bridgehead atoms.